The highest BCUT2D eigenvalue weighted by Crippen LogP contribution is 2.30. The summed E-state index contributed by atoms with van der Waals surface area (Å²) in [7, 11) is 0. The number of nitrogens with zero attached hydrogens (tertiary/aromatic N) is 2. The summed E-state index contributed by atoms with van der Waals surface area (Å²) in [5.41, 5.74) is 0.831. The van der Waals surface area contributed by atoms with Crippen LogP contribution in [0.15, 0.2) is 22.5 Å². The zero-order valence-corrected chi connectivity index (χ0v) is 16.6. The molecule has 0 saturated carbocycles. The Morgan fingerprint density at radius 2 is 2.08 bits per heavy atom. The molecule has 0 saturated heterocycles. The molecule has 1 aromatic carbocycles. The van der Waals surface area contributed by atoms with E-state index in [0.717, 1.165) is 21.6 Å². The molecular formula is C15H18Cl2N4OS2. The largest absolute Gasteiger partial charge is 0.360 e. The highest BCUT2D eigenvalue weighted by Gasteiger charge is 2.20. The van der Waals surface area contributed by atoms with Gasteiger partial charge in [-0.25, -0.2) is 0 Å². The van der Waals surface area contributed by atoms with Crippen LogP contribution in [-0.4, -0.2) is 27.9 Å². The molecule has 0 radical (unpaired) electrons. The minimum absolute atomic E-state index is 0.0845. The van der Waals surface area contributed by atoms with Crippen LogP contribution in [0.3, 0.4) is 0 Å². The molecule has 0 aliphatic heterocycles. The zero-order valence-electron chi connectivity index (χ0n) is 13.5. The van der Waals surface area contributed by atoms with Gasteiger partial charge in [-0.15, -0.1) is 10.2 Å². The summed E-state index contributed by atoms with van der Waals surface area (Å²) in [5, 5.41) is 15.7. The van der Waals surface area contributed by atoms with Gasteiger partial charge in [-0.2, -0.15) is 0 Å². The maximum Gasteiger partial charge on any atom is 0.233 e. The van der Waals surface area contributed by atoms with Crippen LogP contribution < -0.4 is 10.6 Å². The standard InChI is InChI=1S/C15H18Cl2N4OS2/c1-4-18-14-20-21-15(24-14)23-9(3)13(22)19-8(2)11-6-5-10(16)7-12(11)17/h5-9H,4H2,1-3H3,(H,18,20)(H,19,22)/t8-,9+/m1/s1. The summed E-state index contributed by atoms with van der Waals surface area (Å²) in [5.74, 6) is -0.0845. The number of aromatic nitrogens is 2. The summed E-state index contributed by atoms with van der Waals surface area (Å²) in [6.07, 6.45) is 0. The number of nitrogens with one attached hydrogen (secondary N) is 2. The van der Waals surface area contributed by atoms with Gasteiger partial charge < -0.3 is 10.6 Å². The third-order valence-electron chi connectivity index (χ3n) is 3.17. The molecule has 2 atom stereocenters. The first-order chi connectivity index (χ1) is 11.4. The molecule has 1 aromatic heterocycles. The van der Waals surface area contributed by atoms with Crippen molar-refractivity contribution >= 4 is 57.3 Å². The van der Waals surface area contributed by atoms with Gasteiger partial charge in [-0.3, -0.25) is 4.79 Å². The number of amides is 1. The fourth-order valence-electron chi connectivity index (χ4n) is 1.95. The molecule has 2 N–H and O–H groups in total. The lowest BCUT2D eigenvalue weighted by atomic mass is 10.1. The molecule has 0 fully saturated rings. The second kappa shape index (κ2) is 8.89. The highest BCUT2D eigenvalue weighted by atomic mass is 35.5. The summed E-state index contributed by atoms with van der Waals surface area (Å²) in [6.45, 7) is 6.51. The average Bonchev–Trinajstić information content (AvgIpc) is 2.94. The first-order valence-corrected chi connectivity index (χ1v) is 9.85. The maximum atomic E-state index is 12.4. The van der Waals surface area contributed by atoms with E-state index in [4.69, 9.17) is 23.2 Å². The van der Waals surface area contributed by atoms with Gasteiger partial charge in [0, 0.05) is 16.6 Å². The number of carbonyl (C=O) groups is 1. The van der Waals surface area contributed by atoms with E-state index in [1.165, 1.54) is 23.1 Å². The number of rotatable bonds is 7. The molecule has 0 aliphatic carbocycles. The number of hydrogen-bond donors (Lipinski definition) is 2. The quantitative estimate of drug-likeness (QED) is 0.658. The maximum absolute atomic E-state index is 12.4. The minimum atomic E-state index is -0.291. The van der Waals surface area contributed by atoms with Gasteiger partial charge in [0.15, 0.2) is 4.34 Å². The van der Waals surface area contributed by atoms with Gasteiger partial charge in [-0.1, -0.05) is 52.4 Å². The van der Waals surface area contributed by atoms with Gasteiger partial charge in [0.25, 0.3) is 0 Å². The lowest BCUT2D eigenvalue weighted by Crippen LogP contribution is -2.33. The number of halogens is 2. The lowest BCUT2D eigenvalue weighted by Gasteiger charge is -2.18. The Morgan fingerprint density at radius 3 is 2.75 bits per heavy atom. The number of thioether (sulfide) groups is 1. The molecule has 130 valence electrons. The van der Waals surface area contributed by atoms with Crippen molar-refractivity contribution < 1.29 is 4.79 Å². The van der Waals surface area contributed by atoms with Gasteiger partial charge in [-0.05, 0) is 38.5 Å². The molecule has 0 bridgehead atoms. The molecule has 0 spiro atoms. The first-order valence-electron chi connectivity index (χ1n) is 7.40. The van der Waals surface area contributed by atoms with Crippen molar-refractivity contribution in [2.45, 2.75) is 36.4 Å². The van der Waals surface area contributed by atoms with E-state index in [9.17, 15) is 4.79 Å². The SMILES string of the molecule is CCNc1nnc(S[C@@H](C)C(=O)N[C@H](C)c2ccc(Cl)cc2Cl)s1. The Labute approximate surface area is 159 Å². The van der Waals surface area contributed by atoms with E-state index in [1.807, 2.05) is 26.8 Å². The van der Waals surface area contributed by atoms with E-state index in [2.05, 4.69) is 20.8 Å². The normalized spacial score (nSPS) is 13.4. The second-order valence-electron chi connectivity index (χ2n) is 5.06. The molecular weight excluding hydrogens is 387 g/mol. The van der Waals surface area contributed by atoms with Crippen molar-refractivity contribution in [3.05, 3.63) is 33.8 Å². The summed E-state index contributed by atoms with van der Waals surface area (Å²) in [4.78, 5) is 12.4. The Kier molecular flexibility index (Phi) is 7.16. The van der Waals surface area contributed by atoms with Crippen molar-refractivity contribution in [2.24, 2.45) is 0 Å². The Balaban J connectivity index is 1.94. The van der Waals surface area contributed by atoms with Gasteiger partial charge in [0.2, 0.25) is 11.0 Å². The van der Waals surface area contributed by atoms with Crippen molar-refractivity contribution in [2.75, 3.05) is 11.9 Å². The number of carbonyl (C=O) groups excluding carboxylic acids is 1. The van der Waals surface area contributed by atoms with Crippen molar-refractivity contribution in [3.63, 3.8) is 0 Å². The first kappa shape index (κ1) is 19.3. The van der Waals surface area contributed by atoms with Crippen LogP contribution in [0.5, 0.6) is 0 Å². The summed E-state index contributed by atoms with van der Waals surface area (Å²) >= 11 is 14.9. The van der Waals surface area contributed by atoms with E-state index in [-0.39, 0.29) is 17.2 Å². The molecule has 2 rings (SSSR count). The predicted octanol–water partition coefficient (Wildman–Crippen LogP) is 4.63. The van der Waals surface area contributed by atoms with Crippen LogP contribution in [0.2, 0.25) is 10.0 Å². The predicted molar refractivity (Wildman–Crippen MR) is 102 cm³/mol. The van der Waals surface area contributed by atoms with Gasteiger partial charge >= 0.3 is 0 Å². The van der Waals surface area contributed by atoms with Crippen LogP contribution in [0.4, 0.5) is 5.13 Å². The minimum Gasteiger partial charge on any atom is -0.360 e. The van der Waals surface area contributed by atoms with Crippen molar-refractivity contribution in [1.29, 1.82) is 0 Å². The second-order valence-corrected chi connectivity index (χ2v) is 8.47. The van der Waals surface area contributed by atoms with Crippen LogP contribution in [0.1, 0.15) is 32.4 Å². The monoisotopic (exact) mass is 404 g/mol. The fraction of sp³-hybridized carbons (Fsp3) is 0.400. The molecule has 0 aliphatic rings. The number of hydrogen-bond acceptors (Lipinski definition) is 6. The lowest BCUT2D eigenvalue weighted by molar-refractivity contribution is -0.120. The molecule has 0 unspecified atom stereocenters. The smallest absolute Gasteiger partial charge is 0.233 e. The van der Waals surface area contributed by atoms with Gasteiger partial charge in [0.1, 0.15) is 0 Å². The zero-order chi connectivity index (χ0) is 17.7. The van der Waals surface area contributed by atoms with Crippen LogP contribution in [0.25, 0.3) is 0 Å². The molecule has 24 heavy (non-hydrogen) atoms. The van der Waals surface area contributed by atoms with Crippen LogP contribution >= 0.6 is 46.3 Å². The third-order valence-corrected chi connectivity index (χ3v) is 5.80. The van der Waals surface area contributed by atoms with Crippen LogP contribution in [0, 0.1) is 0 Å². The molecule has 1 heterocycles. The van der Waals surface area contributed by atoms with Gasteiger partial charge in [0.05, 0.1) is 11.3 Å². The molecule has 9 heteroatoms. The number of anilines is 1. The Bertz CT molecular complexity index is 711. The molecule has 1 amide bonds. The molecule has 5 nitrogen and oxygen atoms in total. The summed E-state index contributed by atoms with van der Waals surface area (Å²) in [6, 6.07) is 5.04. The van der Waals surface area contributed by atoms with E-state index >= 15 is 0 Å². The molecule has 2 aromatic rings. The highest BCUT2D eigenvalue weighted by molar-refractivity contribution is 8.02. The Hall–Kier alpha value is -1.02. The topological polar surface area (TPSA) is 66.9 Å². The Morgan fingerprint density at radius 1 is 1.33 bits per heavy atom. The van der Waals surface area contributed by atoms with E-state index in [1.54, 1.807) is 12.1 Å². The van der Waals surface area contributed by atoms with Crippen molar-refractivity contribution in [3.8, 4) is 0 Å². The average molecular weight is 405 g/mol. The van der Waals surface area contributed by atoms with E-state index < -0.39 is 0 Å². The number of benzene rings is 1. The van der Waals surface area contributed by atoms with Crippen LogP contribution in [-0.2, 0) is 4.79 Å². The fourth-order valence-corrected chi connectivity index (χ4v) is 4.49. The van der Waals surface area contributed by atoms with E-state index in [0.29, 0.717) is 10.0 Å². The van der Waals surface area contributed by atoms with Crippen molar-refractivity contribution in [1.82, 2.24) is 15.5 Å². The summed E-state index contributed by atoms with van der Waals surface area (Å²) < 4.78 is 0.755. The third kappa shape index (κ3) is 5.24.